The average molecular weight is 783 g/mol. The monoisotopic (exact) mass is 784 g/mol. The Morgan fingerprint density at radius 3 is 0.795 bits per heavy atom. The van der Waals surface area contributed by atoms with Gasteiger partial charge in [-0.15, -0.1) is 0 Å². The SMILES string of the molecule is CCC[N+](CCC)(CCC)CCC.O=C(O)CC(O)(CC(=O)O)C(=O)O.O=C(O)CC(O)(CC(=O)O)C(=O)O.O=[N+]([O-])[O-].[Sm]. The summed E-state index contributed by atoms with van der Waals surface area (Å²) in [6.45, 7) is 14.8. The van der Waals surface area contributed by atoms with Gasteiger partial charge in [-0.05, 0) is 25.7 Å². The van der Waals surface area contributed by atoms with Crippen LogP contribution in [0.3, 0.4) is 0 Å². The minimum atomic E-state index is -2.74. The predicted molar refractivity (Wildman–Crippen MR) is 145 cm³/mol. The summed E-state index contributed by atoms with van der Waals surface area (Å²) < 4.78 is 1.38. The fourth-order valence-corrected chi connectivity index (χ4v) is 4.00. The summed E-state index contributed by atoms with van der Waals surface area (Å²) in [6.07, 6.45) is 0.756. The van der Waals surface area contributed by atoms with Crippen LogP contribution in [0.25, 0.3) is 0 Å². The van der Waals surface area contributed by atoms with Crippen molar-refractivity contribution in [3.63, 3.8) is 0 Å². The van der Waals surface area contributed by atoms with Crippen LogP contribution in [0.4, 0.5) is 0 Å². The Morgan fingerprint density at radius 2 is 0.705 bits per heavy atom. The van der Waals surface area contributed by atoms with Gasteiger partial charge in [0.2, 0.25) is 0 Å². The van der Waals surface area contributed by atoms with E-state index in [4.69, 9.17) is 56.2 Å². The zero-order valence-electron chi connectivity index (χ0n) is 25.0. The molecule has 44 heavy (non-hydrogen) atoms. The van der Waals surface area contributed by atoms with Crippen LogP contribution in [0.2, 0.25) is 0 Å². The van der Waals surface area contributed by atoms with Crippen molar-refractivity contribution in [2.75, 3.05) is 26.2 Å². The van der Waals surface area contributed by atoms with Gasteiger partial charge >= 0.3 is 35.8 Å². The second kappa shape index (κ2) is 26.6. The maximum Gasteiger partial charge on any atom is 0.336 e. The van der Waals surface area contributed by atoms with E-state index in [0.717, 1.165) is 0 Å². The molecule has 8 N–H and O–H groups in total. The van der Waals surface area contributed by atoms with Crippen LogP contribution in [0.5, 0.6) is 0 Å². The zero-order valence-corrected chi connectivity index (χ0v) is 27.7. The third-order valence-corrected chi connectivity index (χ3v) is 5.36. The van der Waals surface area contributed by atoms with Crippen molar-refractivity contribution in [2.45, 2.75) is 90.3 Å². The van der Waals surface area contributed by atoms with E-state index in [-0.39, 0.29) is 40.4 Å². The van der Waals surface area contributed by atoms with Gasteiger partial charge in [-0.25, -0.2) is 9.59 Å². The molecule has 0 fully saturated rings. The number of quaternary nitrogens is 1. The second-order valence-corrected chi connectivity index (χ2v) is 9.42. The molecule has 0 aliphatic heterocycles. The van der Waals surface area contributed by atoms with Crippen LogP contribution in [0, 0.1) is 55.7 Å². The molecule has 0 saturated heterocycles. The molecule has 0 aliphatic carbocycles. The molecule has 0 heterocycles. The van der Waals surface area contributed by atoms with Gasteiger partial charge in [0.1, 0.15) is 0 Å². The molecule has 258 valence electrons. The van der Waals surface area contributed by atoms with Crippen LogP contribution in [0.1, 0.15) is 79.1 Å². The molecule has 0 bridgehead atoms. The summed E-state index contributed by atoms with van der Waals surface area (Å²) in [7, 11) is 0. The third kappa shape index (κ3) is 28.0. The maximum atomic E-state index is 10.3. The van der Waals surface area contributed by atoms with Crippen LogP contribution in [0.15, 0.2) is 0 Å². The molecular weight excluding hydrogens is 739 g/mol. The Kier molecular flexibility index (Phi) is 30.8. The first-order valence-electron chi connectivity index (χ1n) is 13.0. The molecule has 0 rings (SSSR count). The number of nitrogens with zero attached hydrogens (tertiary/aromatic N) is 2. The minimum Gasteiger partial charge on any atom is -0.481 e. The molecule has 0 saturated carbocycles. The van der Waals surface area contributed by atoms with Crippen molar-refractivity contribution in [1.29, 1.82) is 0 Å². The number of aliphatic carboxylic acids is 6. The van der Waals surface area contributed by atoms with Crippen LogP contribution < -0.4 is 0 Å². The molecule has 0 radical (unpaired) electrons. The van der Waals surface area contributed by atoms with Crippen LogP contribution in [-0.2, 0) is 28.8 Å². The summed E-state index contributed by atoms with van der Waals surface area (Å²) in [5.41, 5.74) is -5.48. The van der Waals surface area contributed by atoms with Gasteiger partial charge in [-0.2, -0.15) is 0 Å². The summed E-state index contributed by atoms with van der Waals surface area (Å²) >= 11 is 0. The van der Waals surface area contributed by atoms with Crippen molar-refractivity contribution in [1.82, 2.24) is 0 Å². The summed E-state index contributed by atoms with van der Waals surface area (Å²) in [5.74, 6) is -10.0. The van der Waals surface area contributed by atoms with Crippen molar-refractivity contribution < 1.29 is 120 Å². The van der Waals surface area contributed by atoms with Gasteiger partial charge in [0.15, 0.2) is 11.2 Å². The Morgan fingerprint density at radius 1 is 0.545 bits per heavy atom. The van der Waals surface area contributed by atoms with Crippen molar-refractivity contribution in [3.8, 4) is 0 Å². The van der Waals surface area contributed by atoms with E-state index in [0.29, 0.717) is 0 Å². The summed E-state index contributed by atoms with van der Waals surface area (Å²) in [6, 6.07) is 0. The van der Waals surface area contributed by atoms with Gasteiger partial charge in [-0.3, -0.25) is 19.2 Å². The van der Waals surface area contributed by atoms with E-state index >= 15 is 0 Å². The van der Waals surface area contributed by atoms with Crippen molar-refractivity contribution in [2.24, 2.45) is 0 Å². The first-order valence-corrected chi connectivity index (χ1v) is 13.0. The van der Waals surface area contributed by atoms with Crippen LogP contribution in [-0.4, -0.2) is 124 Å². The molecule has 19 nitrogen and oxygen atoms in total. The largest absolute Gasteiger partial charge is 0.481 e. The van der Waals surface area contributed by atoms with Gasteiger partial charge < -0.3 is 60.7 Å². The number of hydrogen-bond donors (Lipinski definition) is 8. The molecule has 0 amide bonds. The van der Waals surface area contributed by atoms with Gasteiger partial charge in [0.05, 0.1) is 56.9 Å². The zero-order chi connectivity index (χ0) is 35.0. The predicted octanol–water partition coefficient (Wildman–Crippen LogP) is 0.707. The fourth-order valence-electron chi connectivity index (χ4n) is 4.00. The number of carboxylic acids is 6. The van der Waals surface area contributed by atoms with Crippen LogP contribution >= 0.6 is 0 Å². The third-order valence-electron chi connectivity index (χ3n) is 5.36. The Balaban J connectivity index is -0.000000161. The Hall–Kier alpha value is -2.76. The molecule has 0 aromatic heterocycles. The molecular formula is C24H44N2O17Sm. The molecule has 0 aromatic rings. The fraction of sp³-hybridized carbons (Fsp3) is 0.750. The van der Waals surface area contributed by atoms with E-state index in [1.165, 1.54) is 56.3 Å². The number of rotatable bonds is 18. The van der Waals surface area contributed by atoms with Crippen molar-refractivity contribution in [3.05, 3.63) is 15.3 Å². The van der Waals surface area contributed by atoms with Gasteiger partial charge in [0.25, 0.3) is 0 Å². The quantitative estimate of drug-likeness (QED) is 0.0539. The van der Waals surface area contributed by atoms with Crippen molar-refractivity contribution >= 4 is 35.8 Å². The molecule has 20 heteroatoms. The van der Waals surface area contributed by atoms with E-state index in [1.807, 2.05) is 0 Å². The Labute approximate surface area is 285 Å². The summed E-state index contributed by atoms with van der Waals surface area (Å²) in [4.78, 5) is 69.2. The number of aliphatic hydroxyl groups is 2. The standard InChI is InChI=1S/C12H28N.2C6H8O7.NO3.Sm/c1-5-9-13(10-6-2,11-7-3)12-8-4;2*7-3(8)1-6(13,5(11)12)2-4(9)10;2-1(3)4;/h5-12H2,1-4H3;2*13H,1-2H2,(H,7,8)(H,9,10)(H,11,12);;/q+1;;;-1;. The smallest absolute Gasteiger partial charge is 0.336 e. The van der Waals surface area contributed by atoms with E-state index in [1.54, 1.807) is 0 Å². The van der Waals surface area contributed by atoms with E-state index < -0.39 is 77.8 Å². The minimum absolute atomic E-state index is 0. The van der Waals surface area contributed by atoms with E-state index in [2.05, 4.69) is 27.7 Å². The number of carboxylic acid groups (broad SMARTS) is 6. The number of hydrogen-bond acceptors (Lipinski definition) is 11. The molecule has 0 atom stereocenters. The first-order chi connectivity index (χ1) is 19.5. The molecule has 0 spiro atoms. The topological polar surface area (TPSA) is 330 Å². The summed E-state index contributed by atoms with van der Waals surface area (Å²) in [5, 5.41) is 82.4. The maximum absolute atomic E-state index is 10.3. The molecule has 0 unspecified atom stereocenters. The number of carbonyl (C=O) groups is 6. The first kappa shape index (κ1) is 50.8. The van der Waals surface area contributed by atoms with Gasteiger partial charge in [0, 0.05) is 40.4 Å². The van der Waals surface area contributed by atoms with E-state index in [9.17, 15) is 28.8 Å². The molecule has 0 aromatic carbocycles. The second-order valence-electron chi connectivity index (χ2n) is 9.42. The average Bonchev–Trinajstić information content (AvgIpc) is 2.78. The Bertz CT molecular complexity index is 796. The normalized spacial score (nSPS) is 10.5. The van der Waals surface area contributed by atoms with Gasteiger partial charge in [-0.1, -0.05) is 27.7 Å². The molecule has 0 aliphatic rings.